The van der Waals surface area contributed by atoms with Gasteiger partial charge in [0.05, 0.1) is 5.56 Å². The number of rotatable bonds is 5. The zero-order valence-corrected chi connectivity index (χ0v) is 14.2. The Kier molecular flexibility index (Phi) is 6.14. The maximum Gasteiger partial charge on any atom is 0.416 e. The SMILES string of the molecule is NC(=O)c1ccc(NC(=S)NCCc2ccc(C(F)(F)F)cc2F)cc1. The van der Waals surface area contributed by atoms with Gasteiger partial charge in [-0.25, -0.2) is 4.39 Å². The predicted octanol–water partition coefficient (Wildman–Crippen LogP) is 3.47. The number of anilines is 1. The standard InChI is InChI=1S/C17H15F4N3OS/c18-14-9-12(17(19,20)21)4-1-10(14)7-8-23-16(26)24-13-5-2-11(3-6-13)15(22)25/h1-6,9H,7-8H2,(H2,22,25)(H2,23,24,26). The highest BCUT2D eigenvalue weighted by atomic mass is 32.1. The fraction of sp³-hybridized carbons (Fsp3) is 0.176. The van der Waals surface area contributed by atoms with Crippen molar-refractivity contribution in [1.29, 1.82) is 0 Å². The highest BCUT2D eigenvalue weighted by molar-refractivity contribution is 7.80. The zero-order chi connectivity index (χ0) is 19.3. The van der Waals surface area contributed by atoms with Gasteiger partial charge in [0.15, 0.2) is 5.11 Å². The molecule has 2 aromatic rings. The molecule has 1 amide bonds. The predicted molar refractivity (Wildman–Crippen MR) is 94.3 cm³/mol. The molecule has 0 aliphatic rings. The van der Waals surface area contributed by atoms with Gasteiger partial charge in [0, 0.05) is 17.8 Å². The van der Waals surface area contributed by atoms with Crippen molar-refractivity contribution in [3.05, 3.63) is 65.0 Å². The normalized spacial score (nSPS) is 11.1. The molecule has 0 fully saturated rings. The summed E-state index contributed by atoms with van der Waals surface area (Å²) in [5, 5.41) is 5.95. The zero-order valence-electron chi connectivity index (χ0n) is 13.4. The van der Waals surface area contributed by atoms with Crippen LogP contribution in [0.25, 0.3) is 0 Å². The van der Waals surface area contributed by atoms with Crippen LogP contribution in [-0.2, 0) is 12.6 Å². The van der Waals surface area contributed by atoms with E-state index in [4.69, 9.17) is 18.0 Å². The minimum atomic E-state index is -4.58. The molecule has 9 heteroatoms. The smallest absolute Gasteiger partial charge is 0.366 e. The van der Waals surface area contributed by atoms with Crippen LogP contribution in [0.5, 0.6) is 0 Å². The number of nitrogens with one attached hydrogen (secondary N) is 2. The van der Waals surface area contributed by atoms with Crippen LogP contribution >= 0.6 is 12.2 Å². The molecule has 4 nitrogen and oxygen atoms in total. The first kappa shape index (κ1) is 19.6. The summed E-state index contributed by atoms with van der Waals surface area (Å²) in [6.45, 7) is 0.230. The Morgan fingerprint density at radius 3 is 2.31 bits per heavy atom. The van der Waals surface area contributed by atoms with Gasteiger partial charge in [-0.3, -0.25) is 4.79 Å². The summed E-state index contributed by atoms with van der Waals surface area (Å²) < 4.78 is 51.3. The Bertz CT molecular complexity index is 807. The molecule has 26 heavy (non-hydrogen) atoms. The van der Waals surface area contributed by atoms with Crippen molar-refractivity contribution in [3.8, 4) is 0 Å². The number of halogens is 4. The van der Waals surface area contributed by atoms with Crippen LogP contribution in [0.2, 0.25) is 0 Å². The Labute approximate surface area is 152 Å². The van der Waals surface area contributed by atoms with Gasteiger partial charge < -0.3 is 16.4 Å². The lowest BCUT2D eigenvalue weighted by molar-refractivity contribution is -0.137. The largest absolute Gasteiger partial charge is 0.416 e. The topological polar surface area (TPSA) is 67.2 Å². The van der Waals surface area contributed by atoms with Crippen molar-refractivity contribution >= 4 is 28.9 Å². The fourth-order valence-corrected chi connectivity index (χ4v) is 2.35. The van der Waals surface area contributed by atoms with Gasteiger partial charge in [-0.1, -0.05) is 6.07 Å². The molecule has 0 atom stereocenters. The van der Waals surface area contributed by atoms with Gasteiger partial charge in [-0.2, -0.15) is 13.2 Å². The van der Waals surface area contributed by atoms with E-state index in [9.17, 15) is 22.4 Å². The van der Waals surface area contributed by atoms with Crippen molar-refractivity contribution in [2.45, 2.75) is 12.6 Å². The van der Waals surface area contributed by atoms with Crippen molar-refractivity contribution in [1.82, 2.24) is 5.32 Å². The second-order valence-electron chi connectivity index (χ2n) is 5.38. The molecule has 0 aliphatic heterocycles. The van der Waals surface area contributed by atoms with Gasteiger partial charge in [-0.15, -0.1) is 0 Å². The molecule has 0 saturated carbocycles. The summed E-state index contributed by atoms with van der Waals surface area (Å²) in [4.78, 5) is 11.0. The van der Waals surface area contributed by atoms with Crippen molar-refractivity contribution in [3.63, 3.8) is 0 Å². The number of hydrogen-bond donors (Lipinski definition) is 3. The number of primary amides is 1. The number of nitrogens with two attached hydrogens (primary N) is 1. The number of thiocarbonyl (C=S) groups is 1. The van der Waals surface area contributed by atoms with E-state index in [1.54, 1.807) is 12.1 Å². The molecule has 0 saturated heterocycles. The molecule has 138 valence electrons. The molecule has 0 aromatic heterocycles. The molecule has 0 heterocycles. The molecule has 2 rings (SSSR count). The summed E-state index contributed by atoms with van der Waals surface area (Å²) in [6.07, 6.45) is -4.42. The average Bonchev–Trinajstić information content (AvgIpc) is 2.56. The van der Waals surface area contributed by atoms with Crippen LogP contribution in [0, 0.1) is 5.82 Å². The van der Waals surface area contributed by atoms with Crippen LogP contribution in [-0.4, -0.2) is 17.6 Å². The lowest BCUT2D eigenvalue weighted by Crippen LogP contribution is -2.30. The molecular weight excluding hydrogens is 370 g/mol. The van der Waals surface area contributed by atoms with E-state index in [0.29, 0.717) is 17.3 Å². The van der Waals surface area contributed by atoms with Crippen LogP contribution in [0.3, 0.4) is 0 Å². The van der Waals surface area contributed by atoms with E-state index in [0.717, 1.165) is 12.1 Å². The van der Waals surface area contributed by atoms with Gasteiger partial charge >= 0.3 is 6.18 Å². The van der Waals surface area contributed by atoms with E-state index < -0.39 is 23.5 Å². The molecule has 0 aliphatic carbocycles. The lowest BCUT2D eigenvalue weighted by atomic mass is 10.1. The molecule has 0 radical (unpaired) electrons. The Hall–Kier alpha value is -2.68. The van der Waals surface area contributed by atoms with Crippen LogP contribution < -0.4 is 16.4 Å². The highest BCUT2D eigenvalue weighted by Gasteiger charge is 2.31. The van der Waals surface area contributed by atoms with Crippen LogP contribution in [0.1, 0.15) is 21.5 Å². The summed E-state index contributed by atoms with van der Waals surface area (Å²) in [6, 6.07) is 8.73. The maximum absolute atomic E-state index is 13.7. The first-order valence-corrected chi connectivity index (χ1v) is 7.88. The number of hydrogen-bond acceptors (Lipinski definition) is 2. The molecule has 0 unspecified atom stereocenters. The Morgan fingerprint density at radius 2 is 1.77 bits per heavy atom. The van der Waals surface area contributed by atoms with E-state index in [1.807, 2.05) is 0 Å². The number of amides is 1. The number of carbonyl (C=O) groups is 1. The van der Waals surface area contributed by atoms with Gasteiger partial charge in [0.2, 0.25) is 5.91 Å². The van der Waals surface area contributed by atoms with Crippen LogP contribution in [0.4, 0.5) is 23.2 Å². The molecule has 2 aromatic carbocycles. The second-order valence-corrected chi connectivity index (χ2v) is 5.78. The summed E-state index contributed by atoms with van der Waals surface area (Å²) in [5.74, 6) is -1.46. The molecule has 0 spiro atoms. The summed E-state index contributed by atoms with van der Waals surface area (Å²) >= 11 is 5.08. The van der Waals surface area contributed by atoms with E-state index in [2.05, 4.69) is 10.6 Å². The number of carbonyl (C=O) groups excluding carboxylic acids is 1. The van der Waals surface area contributed by atoms with Gasteiger partial charge in [-0.05, 0) is 60.6 Å². The quantitative estimate of drug-likeness (QED) is 0.545. The third-order valence-corrected chi connectivity index (χ3v) is 3.73. The second kappa shape index (κ2) is 8.13. The highest BCUT2D eigenvalue weighted by Crippen LogP contribution is 2.30. The van der Waals surface area contributed by atoms with Crippen molar-refractivity contribution in [2.24, 2.45) is 5.73 Å². The average molecular weight is 385 g/mol. The van der Waals surface area contributed by atoms with Gasteiger partial charge in [0.25, 0.3) is 0 Å². The van der Waals surface area contributed by atoms with Crippen molar-refractivity contribution < 1.29 is 22.4 Å². The third kappa shape index (κ3) is 5.41. The van der Waals surface area contributed by atoms with Gasteiger partial charge in [0.1, 0.15) is 5.82 Å². The monoisotopic (exact) mass is 385 g/mol. The lowest BCUT2D eigenvalue weighted by Gasteiger charge is -2.12. The fourth-order valence-electron chi connectivity index (χ4n) is 2.13. The molecular formula is C17H15F4N3OS. The maximum atomic E-state index is 13.7. The number of benzene rings is 2. The molecule has 0 bridgehead atoms. The Balaban J connectivity index is 1.85. The first-order valence-electron chi connectivity index (χ1n) is 7.47. The minimum Gasteiger partial charge on any atom is -0.366 e. The summed E-state index contributed by atoms with van der Waals surface area (Å²) in [7, 11) is 0. The van der Waals surface area contributed by atoms with E-state index in [1.165, 1.54) is 12.1 Å². The van der Waals surface area contributed by atoms with E-state index >= 15 is 0 Å². The number of alkyl halides is 3. The van der Waals surface area contributed by atoms with Crippen LogP contribution in [0.15, 0.2) is 42.5 Å². The Morgan fingerprint density at radius 1 is 1.12 bits per heavy atom. The van der Waals surface area contributed by atoms with E-state index in [-0.39, 0.29) is 23.6 Å². The first-order chi connectivity index (χ1) is 12.2. The van der Waals surface area contributed by atoms with Crippen molar-refractivity contribution in [2.75, 3.05) is 11.9 Å². The summed E-state index contributed by atoms with van der Waals surface area (Å²) in [5.41, 5.74) is 5.24. The molecule has 4 N–H and O–H groups in total. The third-order valence-electron chi connectivity index (χ3n) is 3.49. The minimum absolute atomic E-state index is 0.152.